The van der Waals surface area contributed by atoms with Gasteiger partial charge >= 0.3 is 0 Å². The Balaban J connectivity index is 2.25. The van der Waals surface area contributed by atoms with Gasteiger partial charge in [0.15, 0.2) is 0 Å². The maximum absolute atomic E-state index is 12.1. The number of amides is 1. The summed E-state index contributed by atoms with van der Waals surface area (Å²) in [6.45, 7) is 3.72. The van der Waals surface area contributed by atoms with E-state index in [9.17, 15) is 4.79 Å². The zero-order valence-electron chi connectivity index (χ0n) is 10.5. The van der Waals surface area contributed by atoms with Crippen LogP contribution in [0.1, 0.15) is 28.7 Å². The predicted molar refractivity (Wildman–Crippen MR) is 65.1 cm³/mol. The predicted octanol–water partition coefficient (Wildman–Crippen LogP) is 0.728. The highest BCUT2D eigenvalue weighted by molar-refractivity contribution is 6.04. The number of hydrogen-bond acceptors (Lipinski definition) is 5. The van der Waals surface area contributed by atoms with E-state index < -0.39 is 0 Å². The minimum absolute atomic E-state index is 0.268. The molecule has 0 aliphatic carbocycles. The Morgan fingerprint density at radius 2 is 2.22 bits per heavy atom. The van der Waals surface area contributed by atoms with Gasteiger partial charge in [-0.3, -0.25) is 14.8 Å². The van der Waals surface area contributed by atoms with Crippen LogP contribution in [-0.4, -0.2) is 30.9 Å². The van der Waals surface area contributed by atoms with Crippen LogP contribution in [0.15, 0.2) is 12.4 Å². The van der Waals surface area contributed by atoms with E-state index in [0.717, 1.165) is 0 Å². The zero-order chi connectivity index (χ0) is 13.1. The number of hydrogen-bond donors (Lipinski definition) is 1. The quantitative estimate of drug-likeness (QED) is 0.862. The first-order valence-electron chi connectivity index (χ1n) is 5.60. The molecule has 0 bridgehead atoms. The van der Waals surface area contributed by atoms with Crippen LogP contribution in [0.2, 0.25) is 0 Å². The van der Waals surface area contributed by atoms with Crippen LogP contribution in [0, 0.1) is 6.92 Å². The number of rotatable bonds is 3. The molecule has 2 aromatic rings. The monoisotopic (exact) mass is 246 g/mol. The van der Waals surface area contributed by atoms with Crippen molar-refractivity contribution in [2.75, 3.05) is 5.32 Å². The molecule has 0 saturated heterocycles. The van der Waals surface area contributed by atoms with E-state index >= 15 is 0 Å². The van der Waals surface area contributed by atoms with Gasteiger partial charge in [-0.15, -0.1) is 5.10 Å². The Hall–Kier alpha value is -2.31. The van der Waals surface area contributed by atoms with E-state index in [4.69, 9.17) is 0 Å². The molecule has 18 heavy (non-hydrogen) atoms. The average molecular weight is 246 g/mol. The molecule has 1 N–H and O–H groups in total. The van der Waals surface area contributed by atoms with Crippen molar-refractivity contribution in [1.82, 2.24) is 25.0 Å². The maximum Gasteiger partial charge on any atom is 0.260 e. The normalized spacial score (nSPS) is 10.4. The van der Waals surface area contributed by atoms with Gasteiger partial charge in [0.05, 0.1) is 17.0 Å². The molecule has 1 amide bonds. The second-order valence-corrected chi connectivity index (χ2v) is 3.90. The Labute approximate surface area is 104 Å². The summed E-state index contributed by atoms with van der Waals surface area (Å²) in [6, 6.07) is 1.71. The SMILES string of the molecule is CCc1nnc(C)cc1C(=O)Nc1ncn(C)n1. The molecular formula is C11H14N6O. The second-order valence-electron chi connectivity index (χ2n) is 3.90. The van der Waals surface area contributed by atoms with Gasteiger partial charge in [-0.2, -0.15) is 10.2 Å². The first-order chi connectivity index (χ1) is 8.60. The fourth-order valence-corrected chi connectivity index (χ4v) is 1.54. The highest BCUT2D eigenvalue weighted by Crippen LogP contribution is 2.09. The fourth-order valence-electron chi connectivity index (χ4n) is 1.54. The molecule has 2 rings (SSSR count). The van der Waals surface area contributed by atoms with Crippen LogP contribution in [-0.2, 0) is 13.5 Å². The van der Waals surface area contributed by atoms with Gasteiger partial charge in [-0.25, -0.2) is 4.98 Å². The number of nitrogens with one attached hydrogen (secondary N) is 1. The smallest absolute Gasteiger partial charge is 0.260 e. The molecule has 2 aromatic heterocycles. The summed E-state index contributed by atoms with van der Waals surface area (Å²) in [5.74, 6) is 0.00932. The highest BCUT2D eigenvalue weighted by Gasteiger charge is 2.14. The molecule has 2 heterocycles. The largest absolute Gasteiger partial charge is 0.289 e. The number of aryl methyl sites for hydroxylation is 3. The zero-order valence-corrected chi connectivity index (χ0v) is 10.5. The minimum atomic E-state index is -0.268. The van der Waals surface area contributed by atoms with Crippen LogP contribution >= 0.6 is 0 Å². The van der Waals surface area contributed by atoms with Crippen LogP contribution in [0.5, 0.6) is 0 Å². The molecule has 0 aliphatic rings. The lowest BCUT2D eigenvalue weighted by Gasteiger charge is -2.05. The van der Waals surface area contributed by atoms with Crippen LogP contribution in [0.25, 0.3) is 0 Å². The molecule has 0 spiro atoms. The minimum Gasteiger partial charge on any atom is -0.289 e. The summed E-state index contributed by atoms with van der Waals surface area (Å²) in [7, 11) is 1.73. The summed E-state index contributed by atoms with van der Waals surface area (Å²) in [5.41, 5.74) is 1.87. The summed E-state index contributed by atoms with van der Waals surface area (Å²) in [5, 5.41) is 14.6. The third-order valence-corrected chi connectivity index (χ3v) is 2.40. The Morgan fingerprint density at radius 3 is 2.83 bits per heavy atom. The lowest BCUT2D eigenvalue weighted by atomic mass is 10.1. The van der Waals surface area contributed by atoms with Crippen molar-refractivity contribution in [1.29, 1.82) is 0 Å². The van der Waals surface area contributed by atoms with Crippen LogP contribution < -0.4 is 5.32 Å². The van der Waals surface area contributed by atoms with Gasteiger partial charge in [0.25, 0.3) is 5.91 Å². The Kier molecular flexibility index (Phi) is 3.31. The molecule has 0 aromatic carbocycles. The molecule has 0 atom stereocenters. The van der Waals surface area contributed by atoms with E-state index in [1.165, 1.54) is 11.0 Å². The molecule has 0 fully saturated rings. The van der Waals surface area contributed by atoms with Crippen molar-refractivity contribution >= 4 is 11.9 Å². The summed E-state index contributed by atoms with van der Waals surface area (Å²) in [6.07, 6.45) is 2.16. The molecule has 0 aliphatic heterocycles. The van der Waals surface area contributed by atoms with E-state index in [1.807, 2.05) is 6.92 Å². The van der Waals surface area contributed by atoms with Gasteiger partial charge in [0.1, 0.15) is 6.33 Å². The molecule has 94 valence electrons. The Bertz CT molecular complexity index is 577. The third-order valence-electron chi connectivity index (χ3n) is 2.40. The number of anilines is 1. The molecule has 0 saturated carbocycles. The standard InChI is InChI=1S/C11H14N6O/c1-4-9-8(5-7(2)14-15-9)10(18)13-11-12-6-17(3)16-11/h5-6H,4H2,1-3H3,(H,13,16,18). The molecule has 7 nitrogen and oxygen atoms in total. The lowest BCUT2D eigenvalue weighted by Crippen LogP contribution is -2.17. The van der Waals surface area contributed by atoms with Crippen molar-refractivity contribution in [2.24, 2.45) is 7.05 Å². The van der Waals surface area contributed by atoms with Gasteiger partial charge in [-0.1, -0.05) is 6.92 Å². The van der Waals surface area contributed by atoms with Crippen molar-refractivity contribution in [3.63, 3.8) is 0 Å². The summed E-state index contributed by atoms with van der Waals surface area (Å²) in [4.78, 5) is 16.0. The molecule has 7 heteroatoms. The molecular weight excluding hydrogens is 232 g/mol. The van der Waals surface area contributed by atoms with Crippen molar-refractivity contribution in [3.8, 4) is 0 Å². The third kappa shape index (κ3) is 2.50. The van der Waals surface area contributed by atoms with E-state index in [1.54, 1.807) is 20.0 Å². The van der Waals surface area contributed by atoms with Gasteiger partial charge in [0.2, 0.25) is 5.95 Å². The van der Waals surface area contributed by atoms with E-state index in [2.05, 4.69) is 25.6 Å². The number of aromatic nitrogens is 5. The molecule has 0 radical (unpaired) electrons. The average Bonchev–Trinajstić information content (AvgIpc) is 2.74. The fraction of sp³-hybridized carbons (Fsp3) is 0.364. The van der Waals surface area contributed by atoms with Crippen LogP contribution in [0.3, 0.4) is 0 Å². The van der Waals surface area contributed by atoms with Crippen molar-refractivity contribution in [2.45, 2.75) is 20.3 Å². The number of carbonyl (C=O) groups is 1. The maximum atomic E-state index is 12.1. The topological polar surface area (TPSA) is 85.6 Å². The number of carbonyl (C=O) groups excluding carboxylic acids is 1. The lowest BCUT2D eigenvalue weighted by molar-refractivity contribution is 0.102. The van der Waals surface area contributed by atoms with Gasteiger partial charge in [0, 0.05) is 7.05 Å². The van der Waals surface area contributed by atoms with Gasteiger partial charge in [-0.05, 0) is 19.4 Å². The van der Waals surface area contributed by atoms with E-state index in [0.29, 0.717) is 23.4 Å². The molecule has 0 unspecified atom stereocenters. The first-order valence-corrected chi connectivity index (χ1v) is 5.60. The van der Waals surface area contributed by atoms with E-state index in [-0.39, 0.29) is 11.9 Å². The van der Waals surface area contributed by atoms with Gasteiger partial charge < -0.3 is 0 Å². The highest BCUT2D eigenvalue weighted by atomic mass is 16.1. The number of nitrogens with zero attached hydrogens (tertiary/aromatic N) is 5. The summed E-state index contributed by atoms with van der Waals surface area (Å²) >= 11 is 0. The van der Waals surface area contributed by atoms with Crippen molar-refractivity contribution in [3.05, 3.63) is 29.3 Å². The van der Waals surface area contributed by atoms with Crippen LogP contribution in [0.4, 0.5) is 5.95 Å². The first kappa shape index (κ1) is 12.2. The summed E-state index contributed by atoms with van der Waals surface area (Å²) < 4.78 is 1.52. The second kappa shape index (κ2) is 4.91. The van der Waals surface area contributed by atoms with Crippen molar-refractivity contribution < 1.29 is 4.79 Å². The Morgan fingerprint density at radius 1 is 1.44 bits per heavy atom.